The van der Waals surface area contributed by atoms with Crippen molar-refractivity contribution in [2.45, 2.75) is 39.3 Å². The van der Waals surface area contributed by atoms with Gasteiger partial charge in [0, 0.05) is 67.2 Å². The minimum atomic E-state index is -0.0846. The molecule has 1 saturated heterocycles. The van der Waals surface area contributed by atoms with Gasteiger partial charge >= 0.3 is 0 Å². The number of carbonyl (C=O) groups is 1. The predicted molar refractivity (Wildman–Crippen MR) is 110 cm³/mol. The Morgan fingerprint density at radius 1 is 1.14 bits per heavy atom. The van der Waals surface area contributed by atoms with Crippen LogP contribution in [-0.4, -0.2) is 53.6 Å². The van der Waals surface area contributed by atoms with Crippen LogP contribution in [0.25, 0.3) is 0 Å². The minimum absolute atomic E-state index is 0.000400. The quantitative estimate of drug-likeness (QED) is 0.790. The van der Waals surface area contributed by atoms with Crippen LogP contribution in [-0.2, 0) is 19.5 Å². The highest BCUT2D eigenvalue weighted by molar-refractivity contribution is 7.11. The number of thiophene rings is 1. The van der Waals surface area contributed by atoms with Gasteiger partial charge in [0.1, 0.15) is 11.3 Å². The molecule has 0 N–H and O–H groups in total. The molecule has 4 heterocycles. The van der Waals surface area contributed by atoms with Gasteiger partial charge in [-0.15, -0.1) is 11.3 Å². The topological polar surface area (TPSA) is 54.8 Å². The lowest BCUT2D eigenvalue weighted by Gasteiger charge is -2.21. The Kier molecular flexibility index (Phi) is 5.55. The minimum Gasteiger partial charge on any atom is -0.496 e. The first-order valence-electron chi connectivity index (χ1n) is 9.94. The zero-order valence-electron chi connectivity index (χ0n) is 16.6. The van der Waals surface area contributed by atoms with Crippen molar-refractivity contribution in [3.8, 4) is 5.75 Å². The summed E-state index contributed by atoms with van der Waals surface area (Å²) < 4.78 is 7.25. The van der Waals surface area contributed by atoms with Crippen LogP contribution in [0.1, 0.15) is 38.6 Å². The molecule has 1 amide bonds. The van der Waals surface area contributed by atoms with E-state index in [1.807, 2.05) is 16.2 Å². The molecule has 28 heavy (non-hydrogen) atoms. The molecule has 2 aliphatic rings. The number of nitrogens with zero attached hydrogens (tertiary/aromatic N) is 3. The van der Waals surface area contributed by atoms with Crippen molar-refractivity contribution in [1.82, 2.24) is 14.4 Å². The Morgan fingerprint density at radius 3 is 2.61 bits per heavy atom. The highest BCUT2D eigenvalue weighted by Crippen LogP contribution is 2.26. The first kappa shape index (κ1) is 19.2. The lowest BCUT2D eigenvalue weighted by molar-refractivity contribution is 0.0787. The van der Waals surface area contributed by atoms with E-state index in [0.29, 0.717) is 24.3 Å². The molecule has 1 fully saturated rings. The second-order valence-electron chi connectivity index (χ2n) is 7.56. The smallest absolute Gasteiger partial charge is 0.259 e. The summed E-state index contributed by atoms with van der Waals surface area (Å²) in [6, 6.07) is 5.80. The fourth-order valence-corrected chi connectivity index (χ4v) is 5.14. The van der Waals surface area contributed by atoms with Crippen LogP contribution < -0.4 is 10.3 Å². The van der Waals surface area contributed by atoms with Crippen molar-refractivity contribution < 1.29 is 9.53 Å². The summed E-state index contributed by atoms with van der Waals surface area (Å²) in [5.74, 6) is 0.413. The van der Waals surface area contributed by atoms with Gasteiger partial charge in [-0.3, -0.25) is 14.5 Å². The first-order valence-corrected chi connectivity index (χ1v) is 10.8. The zero-order chi connectivity index (χ0) is 19.7. The Bertz CT molecular complexity index is 927. The molecule has 0 radical (unpaired) electrons. The van der Waals surface area contributed by atoms with Crippen LogP contribution in [0, 0.1) is 6.92 Å². The molecule has 0 atom stereocenters. The molecule has 150 valence electrons. The fourth-order valence-electron chi connectivity index (χ4n) is 4.21. The predicted octanol–water partition coefficient (Wildman–Crippen LogP) is 2.52. The number of ether oxygens (including phenoxy) is 1. The van der Waals surface area contributed by atoms with E-state index in [4.69, 9.17) is 4.74 Å². The maximum Gasteiger partial charge on any atom is 0.259 e. The van der Waals surface area contributed by atoms with Crippen LogP contribution in [0.4, 0.5) is 0 Å². The summed E-state index contributed by atoms with van der Waals surface area (Å²) in [6.45, 7) is 6.79. The van der Waals surface area contributed by atoms with Crippen molar-refractivity contribution in [2.75, 3.05) is 33.3 Å². The number of amides is 1. The number of hydrogen-bond acceptors (Lipinski definition) is 5. The third-order valence-corrected chi connectivity index (χ3v) is 6.67. The van der Waals surface area contributed by atoms with Crippen molar-refractivity contribution in [2.24, 2.45) is 0 Å². The standard InChI is InChI=1S/C21H27N3O3S/c1-15-5-6-16(28-15)14-22-10-7-17-20(21(26)23-8-3-4-9-23)18(27-2)13-19(25)24(17)12-11-22/h5-6,13H,3-4,7-12,14H2,1-2H3. The van der Waals surface area contributed by atoms with Gasteiger partial charge in [0.25, 0.3) is 11.5 Å². The molecule has 0 spiro atoms. The molecule has 7 heteroatoms. The van der Waals surface area contributed by atoms with Crippen LogP contribution >= 0.6 is 11.3 Å². The van der Waals surface area contributed by atoms with Crippen LogP contribution in [0.2, 0.25) is 0 Å². The van der Waals surface area contributed by atoms with E-state index in [2.05, 4.69) is 24.0 Å². The molecule has 0 saturated carbocycles. The number of likely N-dealkylation sites (tertiary alicyclic amines) is 1. The fraction of sp³-hybridized carbons (Fsp3) is 0.524. The number of fused-ring (bicyclic) bond motifs is 1. The zero-order valence-corrected chi connectivity index (χ0v) is 17.4. The highest BCUT2D eigenvalue weighted by Gasteiger charge is 2.29. The number of pyridine rings is 1. The monoisotopic (exact) mass is 401 g/mol. The van der Waals surface area contributed by atoms with Crippen molar-refractivity contribution >= 4 is 17.2 Å². The Labute approximate surface area is 169 Å². The molecule has 2 aromatic heterocycles. The second kappa shape index (κ2) is 8.09. The lowest BCUT2D eigenvalue weighted by atomic mass is 10.1. The number of aromatic nitrogens is 1. The van der Waals surface area contributed by atoms with Gasteiger partial charge in [-0.25, -0.2) is 0 Å². The number of carbonyl (C=O) groups excluding carboxylic acids is 1. The maximum atomic E-state index is 13.2. The molecular formula is C21H27N3O3S. The Hall–Kier alpha value is -2.12. The van der Waals surface area contributed by atoms with E-state index in [-0.39, 0.29) is 11.5 Å². The number of rotatable bonds is 4. The molecule has 6 nitrogen and oxygen atoms in total. The van der Waals surface area contributed by atoms with Crippen LogP contribution in [0.3, 0.4) is 0 Å². The second-order valence-corrected chi connectivity index (χ2v) is 8.93. The van der Waals surface area contributed by atoms with Gasteiger partial charge in [0.05, 0.1) is 7.11 Å². The Balaban J connectivity index is 1.64. The van der Waals surface area contributed by atoms with Crippen molar-refractivity contribution in [3.05, 3.63) is 49.6 Å². The molecule has 0 bridgehead atoms. The van der Waals surface area contributed by atoms with Crippen molar-refractivity contribution in [3.63, 3.8) is 0 Å². The van der Waals surface area contributed by atoms with Gasteiger partial charge in [0.2, 0.25) is 0 Å². The third kappa shape index (κ3) is 3.73. The van der Waals surface area contributed by atoms with Gasteiger partial charge in [-0.2, -0.15) is 0 Å². The summed E-state index contributed by atoms with van der Waals surface area (Å²) in [6.07, 6.45) is 2.75. The SMILES string of the molecule is COc1cc(=O)n2c(c1C(=O)N1CCCC1)CCN(Cc1ccc(C)s1)CC2. The lowest BCUT2D eigenvalue weighted by Crippen LogP contribution is -2.33. The summed E-state index contributed by atoms with van der Waals surface area (Å²) in [4.78, 5) is 32.8. The molecule has 0 unspecified atom stereocenters. The average molecular weight is 402 g/mol. The average Bonchev–Trinajstić information content (AvgIpc) is 3.31. The Morgan fingerprint density at radius 2 is 1.93 bits per heavy atom. The van der Waals surface area contributed by atoms with Crippen LogP contribution in [0.15, 0.2) is 23.0 Å². The van der Waals surface area contributed by atoms with E-state index in [1.165, 1.54) is 22.9 Å². The third-order valence-electron chi connectivity index (χ3n) is 5.69. The highest BCUT2D eigenvalue weighted by atomic mass is 32.1. The summed E-state index contributed by atoms with van der Waals surface area (Å²) >= 11 is 1.82. The van der Waals surface area contributed by atoms with Crippen molar-refractivity contribution in [1.29, 1.82) is 0 Å². The van der Waals surface area contributed by atoms with E-state index in [0.717, 1.165) is 51.3 Å². The van der Waals surface area contributed by atoms with E-state index in [1.54, 1.807) is 4.57 Å². The van der Waals surface area contributed by atoms with E-state index in [9.17, 15) is 9.59 Å². The van der Waals surface area contributed by atoms with E-state index >= 15 is 0 Å². The number of hydrogen-bond donors (Lipinski definition) is 0. The molecule has 2 aliphatic heterocycles. The summed E-state index contributed by atoms with van der Waals surface area (Å²) in [5, 5.41) is 0. The molecule has 0 aromatic carbocycles. The maximum absolute atomic E-state index is 13.2. The van der Waals surface area contributed by atoms with Gasteiger partial charge < -0.3 is 14.2 Å². The number of methoxy groups -OCH3 is 1. The molecule has 2 aromatic rings. The summed E-state index contributed by atoms with van der Waals surface area (Å²) in [5.41, 5.74) is 1.32. The first-order chi connectivity index (χ1) is 13.6. The van der Waals surface area contributed by atoms with Gasteiger partial charge in [-0.05, 0) is 31.9 Å². The number of aryl methyl sites for hydroxylation is 1. The normalized spacial score (nSPS) is 17.4. The van der Waals surface area contributed by atoms with E-state index < -0.39 is 0 Å². The van der Waals surface area contributed by atoms with Gasteiger partial charge in [-0.1, -0.05) is 0 Å². The molecular weight excluding hydrogens is 374 g/mol. The van der Waals surface area contributed by atoms with Crippen LogP contribution in [0.5, 0.6) is 5.75 Å². The summed E-state index contributed by atoms with van der Waals surface area (Å²) in [7, 11) is 1.54. The molecule has 4 rings (SSSR count). The molecule has 0 aliphatic carbocycles. The van der Waals surface area contributed by atoms with Gasteiger partial charge in [0.15, 0.2) is 0 Å². The largest absolute Gasteiger partial charge is 0.496 e.